The van der Waals surface area contributed by atoms with Gasteiger partial charge in [0.05, 0.1) is 51.8 Å². The van der Waals surface area contributed by atoms with Gasteiger partial charge in [0.2, 0.25) is 0 Å². The second-order valence-corrected chi connectivity index (χ2v) is 15.8. The van der Waals surface area contributed by atoms with Gasteiger partial charge in [0, 0.05) is 64.2 Å². The molecule has 2 aliphatic heterocycles. The van der Waals surface area contributed by atoms with E-state index in [1.807, 2.05) is 83.7 Å². The first kappa shape index (κ1) is 35.7. The summed E-state index contributed by atoms with van der Waals surface area (Å²) < 4.78 is 1.99. The molecule has 1 saturated heterocycles. The van der Waals surface area contributed by atoms with Gasteiger partial charge in [0.25, 0.3) is 0 Å². The molecule has 2 aliphatic rings. The van der Waals surface area contributed by atoms with Crippen molar-refractivity contribution in [1.29, 1.82) is 5.26 Å². The second kappa shape index (κ2) is 14.8. The van der Waals surface area contributed by atoms with Crippen LogP contribution < -0.4 is 21.6 Å². The molecule has 0 bridgehead atoms. The van der Waals surface area contributed by atoms with Gasteiger partial charge < -0.3 is 16.1 Å². The van der Waals surface area contributed by atoms with Crippen LogP contribution >= 0.6 is 23.2 Å². The highest BCUT2D eigenvalue weighted by atomic mass is 35.5. The summed E-state index contributed by atoms with van der Waals surface area (Å²) in [6, 6.07) is 30.5. The van der Waals surface area contributed by atoms with Crippen molar-refractivity contribution in [3.05, 3.63) is 136 Å². The highest BCUT2D eigenvalue weighted by Gasteiger charge is 2.32. The molecule has 12 heteroatoms. The van der Waals surface area contributed by atoms with E-state index in [9.17, 15) is 5.26 Å². The number of rotatable bonds is 9. The molecule has 2 aromatic heterocycles. The fourth-order valence-corrected chi connectivity index (χ4v) is 7.81. The molecule has 54 heavy (non-hydrogen) atoms. The Labute approximate surface area is 325 Å². The van der Waals surface area contributed by atoms with E-state index >= 15 is 0 Å². The molecule has 6 aromatic rings. The summed E-state index contributed by atoms with van der Waals surface area (Å²) in [5.41, 5.74) is 14.4. The van der Waals surface area contributed by atoms with Gasteiger partial charge in [-0.1, -0.05) is 65.7 Å². The molecule has 1 fully saturated rings. The molecule has 10 nitrogen and oxygen atoms in total. The third kappa shape index (κ3) is 7.41. The summed E-state index contributed by atoms with van der Waals surface area (Å²) in [6.07, 6.45) is 7.71. The molecule has 1 atom stereocenters. The van der Waals surface area contributed by atoms with Crippen LogP contribution in [-0.2, 0) is 6.54 Å². The molecule has 0 saturated carbocycles. The lowest BCUT2D eigenvalue weighted by atomic mass is 9.98. The standard InChI is InChI=1S/C42H42Cl2N10/c1-42(2,3)52-17-15-34(16-18-52)53-26-37(50-51-53)40(28-9-11-31(43)12-10-28)49-33-20-35-39(30(22-45)23-46-41(35)36(44)21-33)48-32-13-14-38-29(19-32)24-47-54(38)25-27-7-5-4-6-8-27/h4-14,19-21,23-24,26,34,40,49-51H,15-18,25H2,1-3H3,(H,46,48)/t40-/m0/s1. The molecule has 0 radical (unpaired) electrons. The number of hydrazine groups is 2. The average molecular weight is 758 g/mol. The van der Waals surface area contributed by atoms with Gasteiger partial charge in [-0.3, -0.25) is 19.6 Å². The molecule has 0 unspecified atom stereocenters. The lowest BCUT2D eigenvalue weighted by molar-refractivity contribution is 0.0570. The quantitative estimate of drug-likeness (QED) is 0.115. The van der Waals surface area contributed by atoms with Crippen molar-refractivity contribution >= 4 is 62.1 Å². The fraction of sp³-hybridized carbons (Fsp3) is 0.262. The van der Waals surface area contributed by atoms with Crippen LogP contribution in [0.1, 0.15) is 56.3 Å². The molecule has 4 heterocycles. The number of hydrogen-bond acceptors (Lipinski definition) is 9. The summed E-state index contributed by atoms with van der Waals surface area (Å²) >= 11 is 13.3. The molecule has 4 aromatic carbocycles. The maximum absolute atomic E-state index is 10.2. The third-order valence-electron chi connectivity index (χ3n) is 10.4. The number of nitriles is 1. The van der Waals surface area contributed by atoms with Crippen molar-refractivity contribution in [3.8, 4) is 6.07 Å². The largest absolute Gasteiger partial charge is 0.373 e. The van der Waals surface area contributed by atoms with Crippen molar-refractivity contribution in [1.82, 2.24) is 35.6 Å². The van der Waals surface area contributed by atoms with Crippen LogP contribution in [0.3, 0.4) is 0 Å². The van der Waals surface area contributed by atoms with E-state index in [2.05, 4.69) is 86.8 Å². The molecule has 0 aliphatic carbocycles. The average Bonchev–Trinajstić information content (AvgIpc) is 3.82. The Morgan fingerprint density at radius 2 is 1.72 bits per heavy atom. The summed E-state index contributed by atoms with van der Waals surface area (Å²) in [4.78, 5) is 7.15. The van der Waals surface area contributed by atoms with Gasteiger partial charge in [-0.2, -0.15) is 10.4 Å². The zero-order valence-electron chi connectivity index (χ0n) is 30.4. The Morgan fingerprint density at radius 3 is 2.46 bits per heavy atom. The Hall–Kier alpha value is -5.31. The lowest BCUT2D eigenvalue weighted by Crippen LogP contribution is -2.52. The number of aromatic nitrogens is 3. The molecule has 274 valence electrons. The maximum Gasteiger partial charge on any atom is 0.103 e. The third-order valence-corrected chi connectivity index (χ3v) is 10.9. The Balaban J connectivity index is 1.10. The van der Waals surface area contributed by atoms with Crippen molar-refractivity contribution in [2.45, 2.75) is 57.8 Å². The first-order valence-corrected chi connectivity index (χ1v) is 19.0. The number of nitrogens with one attached hydrogen (secondary N) is 4. The zero-order chi connectivity index (χ0) is 37.4. The maximum atomic E-state index is 10.2. The second-order valence-electron chi connectivity index (χ2n) is 14.9. The number of benzene rings is 4. The number of nitrogens with zero attached hydrogens (tertiary/aromatic N) is 6. The minimum absolute atomic E-state index is 0.160. The van der Waals surface area contributed by atoms with E-state index < -0.39 is 0 Å². The van der Waals surface area contributed by atoms with Crippen LogP contribution in [0.5, 0.6) is 0 Å². The van der Waals surface area contributed by atoms with Crippen molar-refractivity contribution in [2.75, 3.05) is 23.7 Å². The highest BCUT2D eigenvalue weighted by Crippen LogP contribution is 2.38. The van der Waals surface area contributed by atoms with Crippen LogP contribution in [0.15, 0.2) is 109 Å². The van der Waals surface area contributed by atoms with Gasteiger partial charge in [0.1, 0.15) is 6.07 Å². The topological polar surface area (TPSA) is 109 Å². The van der Waals surface area contributed by atoms with E-state index in [0.717, 1.165) is 64.9 Å². The Bertz CT molecular complexity index is 2370. The number of fused-ring (bicyclic) bond motifs is 2. The monoisotopic (exact) mass is 756 g/mol. The summed E-state index contributed by atoms with van der Waals surface area (Å²) in [5, 5.41) is 27.2. The van der Waals surface area contributed by atoms with Gasteiger partial charge in [0.15, 0.2) is 0 Å². The van der Waals surface area contributed by atoms with Gasteiger partial charge in [-0.15, -0.1) is 5.53 Å². The minimum atomic E-state index is -0.277. The number of pyridine rings is 1. The predicted octanol–water partition coefficient (Wildman–Crippen LogP) is 9.14. The van der Waals surface area contributed by atoms with Crippen molar-refractivity contribution < 1.29 is 0 Å². The van der Waals surface area contributed by atoms with E-state index in [0.29, 0.717) is 39.4 Å². The minimum Gasteiger partial charge on any atom is -0.373 e. The Kier molecular flexibility index (Phi) is 9.81. The van der Waals surface area contributed by atoms with E-state index in [4.69, 9.17) is 23.2 Å². The van der Waals surface area contributed by atoms with Gasteiger partial charge in [-0.05, 0) is 87.2 Å². The van der Waals surface area contributed by atoms with Crippen LogP contribution in [-0.4, -0.2) is 49.3 Å². The van der Waals surface area contributed by atoms with Crippen LogP contribution in [0.4, 0.5) is 17.1 Å². The summed E-state index contributed by atoms with van der Waals surface area (Å²) in [5.74, 6) is 0. The normalized spacial score (nSPS) is 15.9. The molecule has 8 rings (SSSR count). The SMILES string of the molecule is CC(C)(C)N1CCC(N2C=C([C@@H](Nc3cc(Cl)c4ncc(C#N)c(Nc5ccc6c(cnn6Cc6ccccc6)c5)c4c3)c3ccc(Cl)cc3)NN2)CC1. The smallest absolute Gasteiger partial charge is 0.103 e. The first-order valence-electron chi connectivity index (χ1n) is 18.2. The highest BCUT2D eigenvalue weighted by molar-refractivity contribution is 6.36. The van der Waals surface area contributed by atoms with Crippen LogP contribution in [0, 0.1) is 11.3 Å². The zero-order valence-corrected chi connectivity index (χ0v) is 32.0. The molecular formula is C42H42Cl2N10. The van der Waals surface area contributed by atoms with Crippen molar-refractivity contribution in [2.24, 2.45) is 0 Å². The first-order chi connectivity index (χ1) is 26.1. The number of likely N-dealkylation sites (tertiary alicyclic amines) is 1. The number of anilines is 3. The summed E-state index contributed by atoms with van der Waals surface area (Å²) in [6.45, 7) is 9.60. The fourth-order valence-electron chi connectivity index (χ4n) is 7.42. The lowest BCUT2D eigenvalue weighted by Gasteiger charge is -2.42. The van der Waals surface area contributed by atoms with Crippen LogP contribution in [0.25, 0.3) is 21.8 Å². The van der Waals surface area contributed by atoms with E-state index in [-0.39, 0.29) is 11.6 Å². The Morgan fingerprint density at radius 1 is 0.944 bits per heavy atom. The van der Waals surface area contributed by atoms with Gasteiger partial charge in [-0.25, -0.2) is 0 Å². The predicted molar refractivity (Wildman–Crippen MR) is 218 cm³/mol. The number of hydrogen-bond donors (Lipinski definition) is 4. The van der Waals surface area contributed by atoms with Gasteiger partial charge >= 0.3 is 0 Å². The number of piperidine rings is 1. The van der Waals surface area contributed by atoms with E-state index in [1.165, 1.54) is 5.56 Å². The molecule has 4 N–H and O–H groups in total. The van der Waals surface area contributed by atoms with Crippen LogP contribution in [0.2, 0.25) is 10.0 Å². The van der Waals surface area contributed by atoms with E-state index in [1.54, 1.807) is 6.20 Å². The number of halogens is 2. The molecular weight excluding hydrogens is 715 g/mol. The molecule has 0 amide bonds. The van der Waals surface area contributed by atoms with Crippen molar-refractivity contribution in [3.63, 3.8) is 0 Å². The summed E-state index contributed by atoms with van der Waals surface area (Å²) in [7, 11) is 0. The molecule has 0 spiro atoms.